The van der Waals surface area contributed by atoms with Crippen molar-refractivity contribution in [2.24, 2.45) is 0 Å². The summed E-state index contributed by atoms with van der Waals surface area (Å²) in [5.41, 5.74) is 4.76. The molecule has 1 aromatic carbocycles. The molecule has 1 atom stereocenters. The van der Waals surface area contributed by atoms with Gasteiger partial charge in [-0.25, -0.2) is 4.68 Å². The topological polar surface area (TPSA) is 33.1 Å². The predicted octanol–water partition coefficient (Wildman–Crippen LogP) is 3.52. The Labute approximate surface area is 157 Å². The summed E-state index contributed by atoms with van der Waals surface area (Å²) in [6, 6.07) is 11.6. The highest BCUT2D eigenvalue weighted by Gasteiger charge is 2.18. The molecule has 4 nitrogen and oxygen atoms in total. The first-order valence-corrected chi connectivity index (χ1v) is 8.18. The number of piperidine rings is 1. The van der Waals surface area contributed by atoms with Crippen LogP contribution in [0.4, 0.5) is 0 Å². The molecule has 2 heterocycles. The fourth-order valence-corrected chi connectivity index (χ4v) is 3.33. The van der Waals surface area contributed by atoms with Gasteiger partial charge in [-0.2, -0.15) is 5.10 Å². The van der Waals surface area contributed by atoms with Gasteiger partial charge in [-0.15, -0.1) is 24.8 Å². The normalized spacial score (nSPS) is 17.9. The molecule has 2 aromatic rings. The van der Waals surface area contributed by atoms with Crippen molar-refractivity contribution in [3.63, 3.8) is 0 Å². The average molecular weight is 371 g/mol. The van der Waals surface area contributed by atoms with Gasteiger partial charge >= 0.3 is 0 Å². The molecule has 0 bridgehead atoms. The molecule has 1 N–H and O–H groups in total. The summed E-state index contributed by atoms with van der Waals surface area (Å²) in [5, 5.41) is 7.95. The van der Waals surface area contributed by atoms with Gasteiger partial charge in [-0.05, 0) is 64.0 Å². The van der Waals surface area contributed by atoms with Crippen LogP contribution in [0.15, 0.2) is 30.3 Å². The van der Waals surface area contributed by atoms with E-state index in [1.807, 2.05) is 11.6 Å². The van der Waals surface area contributed by atoms with E-state index in [0.717, 1.165) is 24.5 Å². The number of hydrogen-bond donors (Lipinski definition) is 1. The molecule has 3 rings (SSSR count). The number of hydrogen-bond acceptors (Lipinski definition) is 3. The molecule has 24 heavy (non-hydrogen) atoms. The molecule has 0 saturated carbocycles. The van der Waals surface area contributed by atoms with Crippen molar-refractivity contribution in [1.29, 1.82) is 0 Å². The lowest BCUT2D eigenvalue weighted by Gasteiger charge is -2.32. The lowest BCUT2D eigenvalue weighted by molar-refractivity contribution is 0.188. The lowest BCUT2D eigenvalue weighted by Crippen LogP contribution is -2.43. The first-order chi connectivity index (χ1) is 10.7. The molecular weight excluding hydrogens is 343 g/mol. The van der Waals surface area contributed by atoms with Gasteiger partial charge in [0.15, 0.2) is 0 Å². The van der Waals surface area contributed by atoms with E-state index < -0.39 is 0 Å². The third-order valence-electron chi connectivity index (χ3n) is 4.51. The van der Waals surface area contributed by atoms with Gasteiger partial charge in [-0.1, -0.05) is 12.1 Å². The van der Waals surface area contributed by atoms with Gasteiger partial charge in [0, 0.05) is 24.8 Å². The van der Waals surface area contributed by atoms with Crippen LogP contribution in [0.3, 0.4) is 0 Å². The number of rotatable bonds is 4. The summed E-state index contributed by atoms with van der Waals surface area (Å²) >= 11 is 0. The Bertz CT molecular complexity index is 624. The van der Waals surface area contributed by atoms with Crippen molar-refractivity contribution in [1.82, 2.24) is 20.0 Å². The molecule has 1 fully saturated rings. The van der Waals surface area contributed by atoms with Gasteiger partial charge in [0.1, 0.15) is 0 Å². The van der Waals surface area contributed by atoms with Crippen molar-refractivity contribution >= 4 is 24.8 Å². The smallest absolute Gasteiger partial charge is 0.0648 e. The fraction of sp³-hybridized carbons (Fsp3) is 0.500. The molecule has 1 aliphatic heterocycles. The van der Waals surface area contributed by atoms with Crippen LogP contribution in [-0.2, 0) is 6.54 Å². The third kappa shape index (κ3) is 4.96. The third-order valence-corrected chi connectivity index (χ3v) is 4.51. The number of nitrogens with zero attached hydrogens (tertiary/aromatic N) is 3. The van der Waals surface area contributed by atoms with Crippen LogP contribution in [-0.4, -0.2) is 40.9 Å². The Kier molecular flexibility index (Phi) is 8.23. The number of benzene rings is 1. The molecule has 1 aromatic heterocycles. The maximum Gasteiger partial charge on any atom is 0.0648 e. The highest BCUT2D eigenvalue weighted by Crippen LogP contribution is 2.16. The number of nitrogens with one attached hydrogen (secondary N) is 1. The predicted molar refractivity (Wildman–Crippen MR) is 105 cm³/mol. The maximum atomic E-state index is 4.54. The van der Waals surface area contributed by atoms with E-state index >= 15 is 0 Å². The number of aromatic nitrogens is 2. The van der Waals surface area contributed by atoms with Crippen molar-refractivity contribution in [2.75, 3.05) is 20.1 Å². The molecule has 1 unspecified atom stereocenters. The first kappa shape index (κ1) is 21.0. The SMILES string of the molecule is CNC1CCCN(Cc2ccc(-n3nc(C)cc3C)cc2)C1.Cl.Cl. The fourth-order valence-electron chi connectivity index (χ4n) is 3.33. The molecule has 134 valence electrons. The molecule has 1 aliphatic rings. The summed E-state index contributed by atoms with van der Waals surface area (Å²) < 4.78 is 2.01. The van der Waals surface area contributed by atoms with Gasteiger partial charge in [-0.3, -0.25) is 4.90 Å². The minimum Gasteiger partial charge on any atom is -0.316 e. The van der Waals surface area contributed by atoms with E-state index in [1.165, 1.54) is 30.6 Å². The van der Waals surface area contributed by atoms with Gasteiger partial charge < -0.3 is 5.32 Å². The molecule has 1 saturated heterocycles. The Morgan fingerprint density at radius 2 is 1.88 bits per heavy atom. The Morgan fingerprint density at radius 3 is 2.46 bits per heavy atom. The van der Waals surface area contributed by atoms with Crippen LogP contribution < -0.4 is 5.32 Å². The standard InChI is InChI=1S/C18H26N4.2ClH/c1-14-11-15(2)22(20-14)18-8-6-16(7-9-18)12-21-10-4-5-17(13-21)19-3;;/h6-9,11,17,19H,4-5,10,12-13H2,1-3H3;2*1H. The van der Waals surface area contributed by atoms with E-state index in [2.05, 4.69) is 59.6 Å². The zero-order valence-electron chi connectivity index (χ0n) is 14.7. The quantitative estimate of drug-likeness (QED) is 0.893. The molecule has 0 spiro atoms. The second-order valence-corrected chi connectivity index (χ2v) is 6.37. The Balaban J connectivity index is 0.00000144. The highest BCUT2D eigenvalue weighted by molar-refractivity contribution is 5.85. The van der Waals surface area contributed by atoms with Crippen LogP contribution in [0, 0.1) is 13.8 Å². The van der Waals surface area contributed by atoms with Crippen molar-refractivity contribution in [3.05, 3.63) is 47.3 Å². The largest absolute Gasteiger partial charge is 0.316 e. The minimum atomic E-state index is 0. The molecule has 0 radical (unpaired) electrons. The molecule has 0 amide bonds. The van der Waals surface area contributed by atoms with Crippen LogP contribution in [0.1, 0.15) is 29.8 Å². The second-order valence-electron chi connectivity index (χ2n) is 6.37. The van der Waals surface area contributed by atoms with E-state index in [1.54, 1.807) is 0 Å². The summed E-state index contributed by atoms with van der Waals surface area (Å²) in [4.78, 5) is 2.54. The van der Waals surface area contributed by atoms with Gasteiger partial charge in [0.2, 0.25) is 0 Å². The van der Waals surface area contributed by atoms with Gasteiger partial charge in [0.25, 0.3) is 0 Å². The number of aryl methyl sites for hydroxylation is 2. The van der Waals surface area contributed by atoms with Crippen LogP contribution >= 0.6 is 24.8 Å². The van der Waals surface area contributed by atoms with E-state index in [-0.39, 0.29) is 24.8 Å². The number of likely N-dealkylation sites (tertiary alicyclic amines) is 1. The number of likely N-dealkylation sites (N-methyl/N-ethyl adjacent to an activating group) is 1. The summed E-state index contributed by atoms with van der Waals surface area (Å²) in [7, 11) is 2.07. The molecular formula is C18H28Cl2N4. The first-order valence-electron chi connectivity index (χ1n) is 8.18. The summed E-state index contributed by atoms with van der Waals surface area (Å²) in [6.07, 6.45) is 2.58. The molecule has 0 aliphatic carbocycles. The van der Waals surface area contributed by atoms with E-state index in [4.69, 9.17) is 0 Å². The average Bonchev–Trinajstić information content (AvgIpc) is 2.87. The monoisotopic (exact) mass is 370 g/mol. The highest BCUT2D eigenvalue weighted by atomic mass is 35.5. The molecule has 6 heteroatoms. The van der Waals surface area contributed by atoms with Crippen LogP contribution in [0.5, 0.6) is 0 Å². The summed E-state index contributed by atoms with van der Waals surface area (Å²) in [6.45, 7) is 7.52. The van der Waals surface area contributed by atoms with E-state index in [0.29, 0.717) is 6.04 Å². The summed E-state index contributed by atoms with van der Waals surface area (Å²) in [5.74, 6) is 0. The lowest BCUT2D eigenvalue weighted by atomic mass is 10.0. The minimum absolute atomic E-state index is 0. The van der Waals surface area contributed by atoms with Crippen molar-refractivity contribution in [3.8, 4) is 5.69 Å². The Hall–Kier alpha value is -1.07. The van der Waals surface area contributed by atoms with Gasteiger partial charge in [0.05, 0.1) is 11.4 Å². The zero-order valence-corrected chi connectivity index (χ0v) is 16.3. The second kappa shape index (κ2) is 9.42. The number of halogens is 2. The van der Waals surface area contributed by atoms with Crippen molar-refractivity contribution < 1.29 is 0 Å². The van der Waals surface area contributed by atoms with Crippen molar-refractivity contribution in [2.45, 2.75) is 39.3 Å². The Morgan fingerprint density at radius 1 is 1.17 bits per heavy atom. The zero-order chi connectivity index (χ0) is 15.5. The van der Waals surface area contributed by atoms with E-state index in [9.17, 15) is 0 Å². The van der Waals surface area contributed by atoms with Crippen LogP contribution in [0.25, 0.3) is 5.69 Å². The van der Waals surface area contributed by atoms with Crippen LogP contribution in [0.2, 0.25) is 0 Å². The maximum absolute atomic E-state index is 4.54.